The zero-order chi connectivity index (χ0) is 31.4. The Morgan fingerprint density at radius 2 is 1.71 bits per heavy atom. The van der Waals surface area contributed by atoms with Crippen LogP contribution in [0.1, 0.15) is 21.6 Å². The summed E-state index contributed by atoms with van der Waals surface area (Å²) in [5.41, 5.74) is 3.48. The number of fused-ring (bicyclic) bond motifs is 1. The number of piperazine rings is 1. The molecule has 0 aliphatic carbocycles. The number of ether oxygens (including phenoxy) is 1. The molecule has 1 amide bonds. The quantitative estimate of drug-likeness (QED) is 0.200. The molecule has 1 aliphatic heterocycles. The summed E-state index contributed by atoms with van der Waals surface area (Å²) in [5, 5.41) is 3.66. The number of benzene rings is 2. The molecule has 1 aliphatic rings. The van der Waals surface area contributed by atoms with Gasteiger partial charge in [0, 0.05) is 63.7 Å². The Hall–Kier alpha value is -4.23. The van der Waals surface area contributed by atoms with Crippen molar-refractivity contribution in [1.82, 2.24) is 24.8 Å². The highest BCUT2D eigenvalue weighted by atomic mass is 32.1. The Labute approximate surface area is 262 Å². The first kappa shape index (κ1) is 30.8. The van der Waals surface area contributed by atoms with Crippen LogP contribution in [0.3, 0.4) is 0 Å². The molecule has 1 N–H and O–H groups in total. The Balaban J connectivity index is 1.16. The average molecular weight is 633 g/mol. The van der Waals surface area contributed by atoms with Crippen LogP contribution in [0.5, 0.6) is 0 Å². The largest absolute Gasteiger partial charge is 0.416 e. The maximum Gasteiger partial charge on any atom is 0.416 e. The van der Waals surface area contributed by atoms with Crippen LogP contribution in [-0.2, 0) is 17.5 Å². The van der Waals surface area contributed by atoms with E-state index in [1.165, 1.54) is 23.5 Å². The van der Waals surface area contributed by atoms with E-state index >= 15 is 0 Å². The molecule has 0 radical (unpaired) electrons. The molecule has 0 unspecified atom stereocenters. The Morgan fingerprint density at radius 3 is 2.47 bits per heavy atom. The molecule has 12 heteroatoms. The smallest absolute Gasteiger partial charge is 0.383 e. The lowest BCUT2D eigenvalue weighted by molar-refractivity contribution is -0.137. The normalized spacial score (nSPS) is 14.6. The number of hydrogen-bond acceptors (Lipinski definition) is 8. The van der Waals surface area contributed by atoms with Gasteiger partial charge < -0.3 is 10.1 Å². The third-order valence-electron chi connectivity index (χ3n) is 7.68. The fourth-order valence-electron chi connectivity index (χ4n) is 5.23. The van der Waals surface area contributed by atoms with Crippen LogP contribution >= 0.6 is 11.3 Å². The number of para-hydroxylation sites is 1. The molecule has 1 saturated heterocycles. The zero-order valence-electron chi connectivity index (χ0n) is 24.6. The second-order valence-corrected chi connectivity index (χ2v) is 11.8. The lowest BCUT2D eigenvalue weighted by Crippen LogP contribution is -2.46. The van der Waals surface area contributed by atoms with Gasteiger partial charge in [-0.3, -0.25) is 14.6 Å². The number of carbonyl (C=O) groups excluding carboxylic acids is 1. The van der Waals surface area contributed by atoms with Crippen molar-refractivity contribution in [1.29, 1.82) is 0 Å². The molecule has 0 spiro atoms. The molecule has 45 heavy (non-hydrogen) atoms. The van der Waals surface area contributed by atoms with Gasteiger partial charge in [0.2, 0.25) is 0 Å². The molecule has 0 bridgehead atoms. The summed E-state index contributed by atoms with van der Waals surface area (Å²) in [6, 6.07) is 19.0. The summed E-state index contributed by atoms with van der Waals surface area (Å²) in [7, 11) is 1.73. The molecule has 0 atom stereocenters. The molecule has 6 rings (SSSR count). The number of anilines is 1. The van der Waals surface area contributed by atoms with Crippen LogP contribution in [0, 0.1) is 0 Å². The van der Waals surface area contributed by atoms with Crippen LogP contribution in [0.2, 0.25) is 0 Å². The van der Waals surface area contributed by atoms with Gasteiger partial charge in [0.05, 0.1) is 23.6 Å². The first-order chi connectivity index (χ1) is 21.8. The summed E-state index contributed by atoms with van der Waals surface area (Å²) in [6.45, 7) is 6.49. The van der Waals surface area contributed by atoms with Crippen LogP contribution in [0.4, 0.5) is 18.9 Å². The summed E-state index contributed by atoms with van der Waals surface area (Å²) in [6.07, 6.45) is -2.52. The van der Waals surface area contributed by atoms with Gasteiger partial charge in [0.1, 0.15) is 21.0 Å². The molecule has 8 nitrogen and oxygen atoms in total. The predicted molar refractivity (Wildman–Crippen MR) is 169 cm³/mol. The number of aromatic nitrogens is 3. The number of halogens is 3. The molecule has 1 fully saturated rings. The van der Waals surface area contributed by atoms with Crippen LogP contribution in [-0.4, -0.2) is 77.1 Å². The number of pyridine rings is 2. The Bertz CT molecular complexity index is 1790. The van der Waals surface area contributed by atoms with Gasteiger partial charge in [-0.25, -0.2) is 15.0 Å². The van der Waals surface area contributed by atoms with Crippen molar-refractivity contribution in [2.45, 2.75) is 12.7 Å². The first-order valence-electron chi connectivity index (χ1n) is 14.5. The first-order valence-corrected chi connectivity index (χ1v) is 15.3. The van der Waals surface area contributed by atoms with E-state index in [1.807, 2.05) is 24.4 Å². The summed E-state index contributed by atoms with van der Waals surface area (Å²) in [4.78, 5) is 32.9. The van der Waals surface area contributed by atoms with Crippen LogP contribution in [0.15, 0.2) is 79.0 Å². The molecular formula is C33H31F3N6O2S. The minimum atomic E-state index is -4.43. The number of nitrogens with one attached hydrogen (secondary N) is 1. The molecule has 232 valence electrons. The fraction of sp³-hybridized carbons (Fsp3) is 0.273. The Morgan fingerprint density at radius 1 is 0.956 bits per heavy atom. The third-order valence-corrected chi connectivity index (χ3v) is 8.69. The van der Waals surface area contributed by atoms with Crippen LogP contribution in [0.25, 0.3) is 32.2 Å². The van der Waals surface area contributed by atoms with Crippen molar-refractivity contribution >= 4 is 33.3 Å². The number of thiazole rings is 1. The second kappa shape index (κ2) is 13.4. The van der Waals surface area contributed by atoms with Crippen LogP contribution < -0.4 is 5.32 Å². The minimum absolute atomic E-state index is 0.136. The van der Waals surface area contributed by atoms with Gasteiger partial charge in [-0.05, 0) is 48.0 Å². The van der Waals surface area contributed by atoms with Crippen molar-refractivity contribution in [3.8, 4) is 21.8 Å². The monoisotopic (exact) mass is 632 g/mol. The number of rotatable bonds is 9. The maximum atomic E-state index is 13.3. The van der Waals surface area contributed by atoms with Crippen molar-refractivity contribution in [3.63, 3.8) is 0 Å². The maximum absolute atomic E-state index is 13.3. The lowest BCUT2D eigenvalue weighted by atomic mass is 10.1. The van der Waals surface area contributed by atoms with E-state index in [-0.39, 0.29) is 5.69 Å². The zero-order valence-corrected chi connectivity index (χ0v) is 25.4. The minimum Gasteiger partial charge on any atom is -0.383 e. The number of nitrogens with zero attached hydrogens (tertiary/aromatic N) is 5. The number of carbonyl (C=O) groups is 1. The standard InChI is InChI=1S/C33H31F3N6O2S/c1-44-18-17-41-13-15-42(16-14-41)21-22-19-29-32(37-20-22)45-31(40-29)25-5-2-3-6-27(25)39-30(43)28-8-4-7-26(38-28)23-9-11-24(12-10-23)33(34,35)36/h2-12,19-20H,13-18,21H2,1H3,(H,39,43). The highest BCUT2D eigenvalue weighted by Crippen LogP contribution is 2.35. The molecule has 4 heterocycles. The summed E-state index contributed by atoms with van der Waals surface area (Å²) >= 11 is 1.45. The van der Waals surface area contributed by atoms with Gasteiger partial charge in [-0.2, -0.15) is 13.2 Å². The van der Waals surface area contributed by atoms with Gasteiger partial charge in [0.15, 0.2) is 0 Å². The van der Waals surface area contributed by atoms with Crippen molar-refractivity contribution < 1.29 is 22.7 Å². The number of alkyl halides is 3. The molecule has 5 aromatic rings. The van der Waals surface area contributed by atoms with E-state index in [9.17, 15) is 18.0 Å². The topological polar surface area (TPSA) is 83.5 Å². The highest BCUT2D eigenvalue weighted by Gasteiger charge is 2.30. The van der Waals surface area contributed by atoms with E-state index in [0.717, 1.165) is 84.5 Å². The summed E-state index contributed by atoms with van der Waals surface area (Å²) < 4.78 is 44.1. The predicted octanol–water partition coefficient (Wildman–Crippen LogP) is 6.46. The van der Waals surface area contributed by atoms with E-state index in [4.69, 9.17) is 9.72 Å². The van der Waals surface area contributed by atoms with Gasteiger partial charge >= 0.3 is 6.18 Å². The van der Waals surface area contributed by atoms with Gasteiger partial charge in [-0.15, -0.1) is 0 Å². The number of amides is 1. The number of methoxy groups -OCH3 is 1. The van der Waals surface area contributed by atoms with Crippen molar-refractivity contribution in [3.05, 3.63) is 95.8 Å². The van der Waals surface area contributed by atoms with Gasteiger partial charge in [0.25, 0.3) is 5.91 Å². The van der Waals surface area contributed by atoms with Gasteiger partial charge in [-0.1, -0.05) is 41.7 Å². The van der Waals surface area contributed by atoms with E-state index in [0.29, 0.717) is 16.9 Å². The number of hydrogen-bond donors (Lipinski definition) is 1. The van der Waals surface area contributed by atoms with Crippen molar-refractivity contribution in [2.24, 2.45) is 0 Å². The fourth-order valence-corrected chi connectivity index (χ4v) is 6.16. The SMILES string of the molecule is COCCN1CCN(Cc2cnc3sc(-c4ccccc4NC(=O)c4cccc(-c5ccc(C(F)(F)F)cc5)n4)nc3c2)CC1. The average Bonchev–Trinajstić information content (AvgIpc) is 3.48. The third kappa shape index (κ3) is 7.36. The molecular weight excluding hydrogens is 601 g/mol. The molecule has 3 aromatic heterocycles. The van der Waals surface area contributed by atoms with E-state index in [1.54, 1.807) is 31.4 Å². The van der Waals surface area contributed by atoms with E-state index < -0.39 is 17.6 Å². The lowest BCUT2D eigenvalue weighted by Gasteiger charge is -2.34. The summed E-state index contributed by atoms with van der Waals surface area (Å²) in [5.74, 6) is -0.444. The molecule has 2 aromatic carbocycles. The highest BCUT2D eigenvalue weighted by molar-refractivity contribution is 7.21. The van der Waals surface area contributed by atoms with Crippen molar-refractivity contribution in [2.75, 3.05) is 51.8 Å². The second-order valence-electron chi connectivity index (χ2n) is 10.8. The molecule has 0 saturated carbocycles. The Kier molecular flexibility index (Phi) is 9.17. The van der Waals surface area contributed by atoms with E-state index in [2.05, 4.69) is 31.2 Å².